The monoisotopic (exact) mass is 233 g/mol. The van der Waals surface area contributed by atoms with E-state index in [2.05, 4.69) is 15.5 Å². The van der Waals surface area contributed by atoms with E-state index in [1.807, 2.05) is 29.6 Å². The molecule has 4 nitrogen and oxygen atoms in total. The van der Waals surface area contributed by atoms with Crippen molar-refractivity contribution in [2.75, 3.05) is 12.5 Å². The van der Waals surface area contributed by atoms with Crippen LogP contribution in [0.25, 0.3) is 0 Å². The third-order valence-corrected chi connectivity index (χ3v) is 2.60. The van der Waals surface area contributed by atoms with Crippen LogP contribution in [0, 0.1) is 0 Å². The lowest BCUT2D eigenvalue weighted by Crippen LogP contribution is -1.89. The Morgan fingerprint density at radius 2 is 2.19 bits per heavy atom. The number of benzene rings is 1. The summed E-state index contributed by atoms with van der Waals surface area (Å²) in [6.45, 7) is 0. The molecular formula is C11H11N3OS. The molecule has 16 heavy (non-hydrogen) atoms. The van der Waals surface area contributed by atoms with E-state index in [1.54, 1.807) is 19.5 Å². The minimum Gasteiger partial charge on any atom is -0.497 e. The van der Waals surface area contributed by atoms with Crippen LogP contribution in [0.5, 0.6) is 5.75 Å². The van der Waals surface area contributed by atoms with Crippen LogP contribution in [-0.4, -0.2) is 18.3 Å². The van der Waals surface area contributed by atoms with Crippen LogP contribution >= 0.6 is 11.3 Å². The molecule has 0 unspecified atom stereocenters. The molecule has 0 atom stereocenters. The fourth-order valence-corrected chi connectivity index (χ4v) is 1.61. The second-order valence-corrected chi connectivity index (χ2v) is 3.87. The number of hydrogen-bond acceptors (Lipinski definition) is 5. The number of hydrogen-bond donors (Lipinski definition) is 1. The normalized spacial score (nSPS) is 10.6. The number of thiazole rings is 1. The van der Waals surface area contributed by atoms with E-state index < -0.39 is 0 Å². The van der Waals surface area contributed by atoms with Crippen molar-refractivity contribution in [3.8, 4) is 5.75 Å². The average molecular weight is 233 g/mol. The molecule has 2 rings (SSSR count). The van der Waals surface area contributed by atoms with Crippen molar-refractivity contribution in [2.45, 2.75) is 0 Å². The summed E-state index contributed by atoms with van der Waals surface area (Å²) in [5.74, 6) is 0.838. The number of methoxy groups -OCH3 is 1. The summed E-state index contributed by atoms with van der Waals surface area (Å²) in [7, 11) is 1.65. The third-order valence-electron chi connectivity index (χ3n) is 1.92. The number of nitrogens with zero attached hydrogens (tertiary/aromatic N) is 2. The Labute approximate surface area is 97.6 Å². The first-order valence-corrected chi connectivity index (χ1v) is 5.59. The summed E-state index contributed by atoms with van der Waals surface area (Å²) < 4.78 is 5.06. The number of ether oxygens (including phenoxy) is 1. The lowest BCUT2D eigenvalue weighted by Gasteiger charge is -1.98. The lowest BCUT2D eigenvalue weighted by atomic mass is 10.2. The Kier molecular flexibility index (Phi) is 3.50. The van der Waals surface area contributed by atoms with Crippen LogP contribution < -0.4 is 10.2 Å². The summed E-state index contributed by atoms with van der Waals surface area (Å²) in [6, 6.07) is 7.66. The highest BCUT2D eigenvalue weighted by Crippen LogP contribution is 2.11. The molecule has 2 aromatic rings. The Hall–Kier alpha value is -1.88. The minimum absolute atomic E-state index is 0.782. The predicted molar refractivity (Wildman–Crippen MR) is 66.3 cm³/mol. The molecule has 0 saturated heterocycles. The van der Waals surface area contributed by atoms with Gasteiger partial charge in [0.15, 0.2) is 0 Å². The summed E-state index contributed by atoms with van der Waals surface area (Å²) >= 11 is 1.51. The van der Waals surface area contributed by atoms with Gasteiger partial charge in [0.25, 0.3) is 0 Å². The van der Waals surface area contributed by atoms with Crippen molar-refractivity contribution >= 4 is 22.7 Å². The number of anilines is 1. The third kappa shape index (κ3) is 2.80. The summed E-state index contributed by atoms with van der Waals surface area (Å²) in [6.07, 6.45) is 3.47. The molecule has 0 saturated carbocycles. The maximum absolute atomic E-state index is 5.06. The number of aromatic nitrogens is 1. The molecule has 0 spiro atoms. The number of rotatable bonds is 4. The van der Waals surface area contributed by atoms with Gasteiger partial charge in [-0.15, -0.1) is 11.3 Å². The molecular weight excluding hydrogens is 222 g/mol. The number of hydrazone groups is 1. The standard InChI is InChI=1S/C11H11N3OS/c1-15-10-4-2-9(3-5-10)8-13-14-11-12-6-7-16-11/h2-8H,1H3,(H,12,14)/b13-8-. The summed E-state index contributed by atoms with van der Waals surface area (Å²) in [5, 5.41) is 6.75. The van der Waals surface area contributed by atoms with Crippen molar-refractivity contribution in [1.82, 2.24) is 4.98 Å². The van der Waals surface area contributed by atoms with Crippen molar-refractivity contribution in [3.05, 3.63) is 41.4 Å². The molecule has 0 aliphatic rings. The summed E-state index contributed by atoms with van der Waals surface area (Å²) in [5.41, 5.74) is 3.85. The predicted octanol–water partition coefficient (Wildman–Crippen LogP) is 2.60. The first kappa shape index (κ1) is 10.6. The topological polar surface area (TPSA) is 46.5 Å². The Balaban J connectivity index is 1.95. The zero-order valence-electron chi connectivity index (χ0n) is 8.75. The first-order valence-electron chi connectivity index (χ1n) is 4.71. The van der Waals surface area contributed by atoms with Gasteiger partial charge < -0.3 is 4.74 Å². The van der Waals surface area contributed by atoms with Crippen LogP contribution in [0.2, 0.25) is 0 Å². The Morgan fingerprint density at radius 1 is 1.38 bits per heavy atom. The fourth-order valence-electron chi connectivity index (χ4n) is 1.13. The van der Waals surface area contributed by atoms with Gasteiger partial charge >= 0.3 is 0 Å². The lowest BCUT2D eigenvalue weighted by molar-refractivity contribution is 0.415. The number of nitrogens with one attached hydrogen (secondary N) is 1. The van der Waals surface area contributed by atoms with Crippen LogP contribution in [-0.2, 0) is 0 Å². The van der Waals surface area contributed by atoms with Crippen molar-refractivity contribution in [1.29, 1.82) is 0 Å². The molecule has 0 amide bonds. The molecule has 82 valence electrons. The fraction of sp³-hybridized carbons (Fsp3) is 0.0909. The summed E-state index contributed by atoms with van der Waals surface area (Å²) in [4.78, 5) is 4.05. The van der Waals surface area contributed by atoms with Crippen LogP contribution in [0.4, 0.5) is 5.13 Å². The minimum atomic E-state index is 0.782. The van der Waals surface area contributed by atoms with Gasteiger partial charge in [-0.25, -0.2) is 4.98 Å². The molecule has 0 aliphatic heterocycles. The van der Waals surface area contributed by atoms with Gasteiger partial charge in [-0.2, -0.15) is 5.10 Å². The Morgan fingerprint density at radius 3 is 2.81 bits per heavy atom. The second-order valence-electron chi connectivity index (χ2n) is 2.98. The van der Waals surface area contributed by atoms with Gasteiger partial charge in [-0.1, -0.05) is 0 Å². The molecule has 5 heteroatoms. The van der Waals surface area contributed by atoms with E-state index in [-0.39, 0.29) is 0 Å². The maximum atomic E-state index is 5.06. The van der Waals surface area contributed by atoms with E-state index >= 15 is 0 Å². The van der Waals surface area contributed by atoms with Crippen LogP contribution in [0.1, 0.15) is 5.56 Å². The van der Waals surface area contributed by atoms with Gasteiger partial charge in [0.2, 0.25) is 5.13 Å². The van der Waals surface area contributed by atoms with E-state index in [4.69, 9.17) is 4.74 Å². The molecule has 1 heterocycles. The SMILES string of the molecule is COc1ccc(/C=N\Nc2nccs2)cc1. The van der Waals surface area contributed by atoms with Crippen molar-refractivity contribution < 1.29 is 4.74 Å². The van der Waals surface area contributed by atoms with E-state index in [0.29, 0.717) is 0 Å². The van der Waals surface area contributed by atoms with E-state index in [9.17, 15) is 0 Å². The van der Waals surface area contributed by atoms with E-state index in [1.165, 1.54) is 11.3 Å². The van der Waals surface area contributed by atoms with Crippen LogP contribution in [0.3, 0.4) is 0 Å². The van der Waals surface area contributed by atoms with Gasteiger partial charge in [0.1, 0.15) is 5.75 Å². The maximum Gasteiger partial charge on any atom is 0.203 e. The van der Waals surface area contributed by atoms with Crippen LogP contribution in [0.15, 0.2) is 40.9 Å². The van der Waals surface area contributed by atoms with Crippen molar-refractivity contribution in [3.63, 3.8) is 0 Å². The molecule has 1 aromatic carbocycles. The zero-order chi connectivity index (χ0) is 11.2. The molecule has 1 aromatic heterocycles. The smallest absolute Gasteiger partial charge is 0.203 e. The molecule has 0 radical (unpaired) electrons. The largest absolute Gasteiger partial charge is 0.497 e. The van der Waals surface area contributed by atoms with E-state index in [0.717, 1.165) is 16.4 Å². The Bertz CT molecular complexity index is 451. The molecule has 0 fully saturated rings. The first-order chi connectivity index (χ1) is 7.88. The zero-order valence-corrected chi connectivity index (χ0v) is 9.57. The van der Waals surface area contributed by atoms with Gasteiger partial charge in [0, 0.05) is 11.6 Å². The quantitative estimate of drug-likeness (QED) is 0.652. The molecule has 0 bridgehead atoms. The average Bonchev–Trinajstić information content (AvgIpc) is 2.83. The molecule has 0 aliphatic carbocycles. The van der Waals surface area contributed by atoms with Gasteiger partial charge in [0.05, 0.1) is 13.3 Å². The highest BCUT2D eigenvalue weighted by molar-refractivity contribution is 7.13. The van der Waals surface area contributed by atoms with Gasteiger partial charge in [-0.3, -0.25) is 5.43 Å². The second kappa shape index (κ2) is 5.27. The highest BCUT2D eigenvalue weighted by Gasteiger charge is 1.91. The molecule has 1 N–H and O–H groups in total. The highest BCUT2D eigenvalue weighted by atomic mass is 32.1. The van der Waals surface area contributed by atoms with Crippen molar-refractivity contribution in [2.24, 2.45) is 5.10 Å². The van der Waals surface area contributed by atoms with Gasteiger partial charge in [-0.05, 0) is 29.8 Å².